The molecule has 1 aromatic rings. The van der Waals surface area contributed by atoms with E-state index in [-0.39, 0.29) is 17.3 Å². The van der Waals surface area contributed by atoms with E-state index < -0.39 is 22.0 Å². The number of nitro benzene ring substituents is 1. The molecule has 0 saturated heterocycles. The van der Waals surface area contributed by atoms with Crippen LogP contribution in [0, 0.1) is 17.0 Å². The first-order chi connectivity index (χ1) is 9.86. The van der Waals surface area contributed by atoms with Gasteiger partial charge in [-0.05, 0) is 12.5 Å². The normalized spacial score (nSPS) is 17.5. The minimum Gasteiger partial charge on any atom is -0.378 e. The Hall–Kier alpha value is -2.42. The van der Waals surface area contributed by atoms with Crippen LogP contribution in [0.1, 0.15) is 12.0 Å². The number of thioether (sulfide) groups is 1. The van der Waals surface area contributed by atoms with E-state index in [1.165, 1.54) is 12.1 Å². The van der Waals surface area contributed by atoms with Crippen molar-refractivity contribution in [3.05, 3.63) is 33.9 Å². The second-order valence-corrected chi connectivity index (χ2v) is 5.63. The third kappa shape index (κ3) is 3.57. The fraction of sp³-hybridized carbons (Fsp3) is 0.250. The Bertz CT molecular complexity index is 659. The van der Waals surface area contributed by atoms with E-state index in [4.69, 9.17) is 5.73 Å². The van der Waals surface area contributed by atoms with Gasteiger partial charge in [0.2, 0.25) is 5.91 Å². The lowest BCUT2D eigenvalue weighted by Gasteiger charge is -2.10. The van der Waals surface area contributed by atoms with Crippen molar-refractivity contribution in [1.82, 2.24) is 0 Å². The van der Waals surface area contributed by atoms with E-state index in [0.29, 0.717) is 11.3 Å². The van der Waals surface area contributed by atoms with Gasteiger partial charge in [-0.3, -0.25) is 19.7 Å². The summed E-state index contributed by atoms with van der Waals surface area (Å²) in [6, 6.07) is 4.18. The highest BCUT2D eigenvalue weighted by Crippen LogP contribution is 2.25. The molecule has 1 aliphatic heterocycles. The number of nitrogens with two attached hydrogens (primary N) is 1. The van der Waals surface area contributed by atoms with Gasteiger partial charge in [0.05, 0.1) is 10.6 Å². The van der Waals surface area contributed by atoms with Crippen LogP contribution in [-0.2, 0) is 9.59 Å². The second kappa shape index (κ2) is 5.92. The molecule has 2 rings (SSSR count). The first-order valence-electron chi connectivity index (χ1n) is 5.96. The van der Waals surface area contributed by atoms with Crippen LogP contribution in [-0.4, -0.2) is 27.2 Å². The maximum atomic E-state index is 11.9. The Labute approximate surface area is 123 Å². The van der Waals surface area contributed by atoms with Gasteiger partial charge in [0.15, 0.2) is 5.17 Å². The quantitative estimate of drug-likeness (QED) is 0.635. The fourth-order valence-electron chi connectivity index (χ4n) is 1.76. The minimum atomic E-state index is -0.635. The number of nitrogens with zero attached hydrogens (tertiary/aromatic N) is 2. The lowest BCUT2D eigenvalue weighted by molar-refractivity contribution is -0.384. The summed E-state index contributed by atoms with van der Waals surface area (Å²) in [5, 5.41) is 12.8. The van der Waals surface area contributed by atoms with Crippen LogP contribution in [0.4, 0.5) is 11.4 Å². The number of carbonyl (C=O) groups is 2. The largest absolute Gasteiger partial charge is 0.378 e. The number of benzene rings is 1. The van der Waals surface area contributed by atoms with Crippen molar-refractivity contribution in [2.45, 2.75) is 18.6 Å². The van der Waals surface area contributed by atoms with Crippen LogP contribution in [0.2, 0.25) is 0 Å². The van der Waals surface area contributed by atoms with E-state index in [0.717, 1.165) is 11.8 Å². The lowest BCUT2D eigenvalue weighted by atomic mass is 10.1. The van der Waals surface area contributed by atoms with E-state index in [9.17, 15) is 19.7 Å². The minimum absolute atomic E-state index is 0.0875. The number of carbonyl (C=O) groups excluding carboxylic acids is 2. The first kappa shape index (κ1) is 15.0. The van der Waals surface area contributed by atoms with E-state index in [1.807, 2.05) is 0 Å². The van der Waals surface area contributed by atoms with Crippen LogP contribution in [0.15, 0.2) is 23.2 Å². The Kier molecular flexibility index (Phi) is 4.22. The molecule has 0 saturated carbocycles. The first-order valence-corrected chi connectivity index (χ1v) is 6.84. The average molecular weight is 308 g/mol. The van der Waals surface area contributed by atoms with Gasteiger partial charge in [0, 0.05) is 18.6 Å². The number of aryl methyl sites for hydroxylation is 1. The summed E-state index contributed by atoms with van der Waals surface area (Å²) < 4.78 is 0. The zero-order valence-electron chi connectivity index (χ0n) is 11.0. The molecular weight excluding hydrogens is 296 g/mol. The van der Waals surface area contributed by atoms with E-state index in [2.05, 4.69) is 10.3 Å². The van der Waals surface area contributed by atoms with Crippen molar-refractivity contribution < 1.29 is 14.5 Å². The molecule has 110 valence electrons. The van der Waals surface area contributed by atoms with Crippen molar-refractivity contribution >= 4 is 40.1 Å². The molecule has 0 unspecified atom stereocenters. The van der Waals surface area contributed by atoms with Gasteiger partial charge in [-0.15, -0.1) is 0 Å². The van der Waals surface area contributed by atoms with Crippen molar-refractivity contribution in [1.29, 1.82) is 0 Å². The highest BCUT2D eigenvalue weighted by atomic mass is 32.2. The summed E-state index contributed by atoms with van der Waals surface area (Å²) >= 11 is 1.03. The topological polar surface area (TPSA) is 128 Å². The Morgan fingerprint density at radius 3 is 2.86 bits per heavy atom. The summed E-state index contributed by atoms with van der Waals surface area (Å²) in [5.74, 6) is -0.863. The number of nitrogens with one attached hydrogen (secondary N) is 1. The predicted molar refractivity (Wildman–Crippen MR) is 79.1 cm³/mol. The van der Waals surface area contributed by atoms with Crippen LogP contribution < -0.4 is 11.1 Å². The van der Waals surface area contributed by atoms with Gasteiger partial charge in [-0.2, -0.15) is 4.99 Å². The maximum Gasteiger partial charge on any atom is 0.271 e. The molecular formula is C12H12N4O4S. The molecule has 0 aromatic heterocycles. The third-order valence-electron chi connectivity index (χ3n) is 2.84. The van der Waals surface area contributed by atoms with Gasteiger partial charge < -0.3 is 11.1 Å². The highest BCUT2D eigenvalue weighted by molar-refractivity contribution is 8.15. The molecule has 0 spiro atoms. The molecule has 1 aromatic carbocycles. The van der Waals surface area contributed by atoms with Crippen molar-refractivity contribution in [3.63, 3.8) is 0 Å². The van der Waals surface area contributed by atoms with Gasteiger partial charge in [-0.1, -0.05) is 17.8 Å². The number of non-ortho nitro benzene ring substituents is 1. The Morgan fingerprint density at radius 1 is 1.57 bits per heavy atom. The highest BCUT2D eigenvalue weighted by Gasteiger charge is 2.29. The van der Waals surface area contributed by atoms with Crippen LogP contribution in [0.5, 0.6) is 0 Å². The molecule has 0 bridgehead atoms. The number of anilines is 1. The summed E-state index contributed by atoms with van der Waals surface area (Å²) in [6.07, 6.45) is -0.0875. The zero-order chi connectivity index (χ0) is 15.6. The van der Waals surface area contributed by atoms with E-state index in [1.54, 1.807) is 13.0 Å². The van der Waals surface area contributed by atoms with Gasteiger partial charge in [0.25, 0.3) is 11.6 Å². The van der Waals surface area contributed by atoms with Crippen molar-refractivity contribution in [2.75, 3.05) is 5.32 Å². The number of rotatable bonds is 4. The summed E-state index contributed by atoms with van der Waals surface area (Å²) in [5.41, 5.74) is 6.33. The lowest BCUT2D eigenvalue weighted by Crippen LogP contribution is -2.22. The fourth-order valence-corrected chi connectivity index (χ4v) is 2.58. The number of amidine groups is 1. The smallest absolute Gasteiger partial charge is 0.271 e. The van der Waals surface area contributed by atoms with Gasteiger partial charge >= 0.3 is 0 Å². The van der Waals surface area contributed by atoms with Crippen molar-refractivity contribution in [2.24, 2.45) is 10.7 Å². The standard InChI is InChI=1S/C12H12N4O4S/c1-6-2-3-7(16(19)20)4-8(6)14-10(17)5-9-11(18)15-12(13)21-9/h2-4,9H,5H2,1H3,(H,14,17)(H2,13,15,18)/t9-/m1/s1. The number of amides is 2. The van der Waals surface area contributed by atoms with Crippen LogP contribution in [0.3, 0.4) is 0 Å². The van der Waals surface area contributed by atoms with Crippen LogP contribution in [0.25, 0.3) is 0 Å². The molecule has 0 fully saturated rings. The summed E-state index contributed by atoms with van der Waals surface area (Å²) in [4.78, 5) is 37.1. The second-order valence-electron chi connectivity index (χ2n) is 4.40. The Balaban J connectivity index is 2.05. The predicted octanol–water partition coefficient (Wildman–Crippen LogP) is 1.19. The average Bonchev–Trinajstić information content (AvgIpc) is 2.70. The van der Waals surface area contributed by atoms with Gasteiger partial charge in [0.1, 0.15) is 5.25 Å². The monoisotopic (exact) mass is 308 g/mol. The van der Waals surface area contributed by atoms with Crippen LogP contribution >= 0.6 is 11.8 Å². The molecule has 0 radical (unpaired) electrons. The molecule has 2 amide bonds. The molecule has 1 atom stereocenters. The Morgan fingerprint density at radius 2 is 2.29 bits per heavy atom. The van der Waals surface area contributed by atoms with Gasteiger partial charge in [-0.25, -0.2) is 0 Å². The van der Waals surface area contributed by atoms with Crippen molar-refractivity contribution in [3.8, 4) is 0 Å². The zero-order valence-corrected chi connectivity index (χ0v) is 11.8. The SMILES string of the molecule is Cc1ccc([N+](=O)[O-])cc1NC(=O)C[C@H]1SC(N)=NC1=O. The molecule has 0 aliphatic carbocycles. The number of aliphatic imine (C=N–C) groups is 1. The summed E-state index contributed by atoms with van der Waals surface area (Å²) in [6.45, 7) is 1.72. The molecule has 8 nitrogen and oxygen atoms in total. The molecule has 9 heteroatoms. The molecule has 3 N–H and O–H groups in total. The van der Waals surface area contributed by atoms with E-state index >= 15 is 0 Å². The number of hydrogen-bond acceptors (Lipinski definition) is 6. The third-order valence-corrected chi connectivity index (χ3v) is 3.82. The maximum absolute atomic E-state index is 11.9. The number of nitro groups is 1. The number of hydrogen-bond donors (Lipinski definition) is 2. The molecule has 1 aliphatic rings. The molecule has 1 heterocycles. The summed E-state index contributed by atoms with van der Waals surface area (Å²) in [7, 11) is 0. The molecule has 21 heavy (non-hydrogen) atoms.